The fourth-order valence-electron chi connectivity index (χ4n) is 3.83. The van der Waals surface area contributed by atoms with Gasteiger partial charge in [0.1, 0.15) is 11.6 Å². The van der Waals surface area contributed by atoms with Gasteiger partial charge < -0.3 is 5.32 Å². The van der Waals surface area contributed by atoms with Gasteiger partial charge in [0.2, 0.25) is 5.91 Å². The van der Waals surface area contributed by atoms with Crippen LogP contribution in [0.2, 0.25) is 0 Å². The van der Waals surface area contributed by atoms with Gasteiger partial charge in [-0.1, -0.05) is 12.1 Å². The number of hydrogen-bond donors (Lipinski definition) is 2. The first-order valence-corrected chi connectivity index (χ1v) is 10.1. The molecule has 29 heavy (non-hydrogen) atoms. The van der Waals surface area contributed by atoms with Gasteiger partial charge in [0.15, 0.2) is 0 Å². The number of aryl methyl sites for hydroxylation is 3. The van der Waals surface area contributed by atoms with Crippen LogP contribution in [0.1, 0.15) is 35.6 Å². The molecule has 8 heteroatoms. The van der Waals surface area contributed by atoms with Crippen molar-refractivity contribution >= 4 is 17.6 Å². The minimum Gasteiger partial charge on any atom is -0.307 e. The van der Waals surface area contributed by atoms with Gasteiger partial charge in [-0.3, -0.25) is 15.0 Å². The van der Waals surface area contributed by atoms with Crippen LogP contribution in [0.3, 0.4) is 0 Å². The summed E-state index contributed by atoms with van der Waals surface area (Å²) < 4.78 is 1.95. The quantitative estimate of drug-likeness (QED) is 0.808. The second kappa shape index (κ2) is 9.17. The largest absolute Gasteiger partial charge is 0.325 e. The van der Waals surface area contributed by atoms with Crippen molar-refractivity contribution in [1.82, 2.24) is 25.0 Å². The van der Waals surface area contributed by atoms with E-state index in [9.17, 15) is 9.59 Å². The molecule has 0 bridgehead atoms. The number of anilines is 1. The Morgan fingerprint density at radius 3 is 2.72 bits per heavy atom. The summed E-state index contributed by atoms with van der Waals surface area (Å²) >= 11 is 0. The van der Waals surface area contributed by atoms with Gasteiger partial charge in [-0.25, -0.2) is 14.5 Å². The molecule has 1 aliphatic heterocycles. The van der Waals surface area contributed by atoms with Crippen LogP contribution < -0.4 is 10.6 Å². The topological polar surface area (TPSA) is 92.2 Å². The Kier molecular flexibility index (Phi) is 6.64. The molecule has 1 aromatic heterocycles. The Labute approximate surface area is 171 Å². The van der Waals surface area contributed by atoms with Crippen molar-refractivity contribution in [2.45, 2.75) is 47.1 Å². The lowest BCUT2D eigenvalue weighted by atomic mass is 9.98. The molecule has 156 valence electrons. The lowest BCUT2D eigenvalue weighted by Gasteiger charge is -2.32. The van der Waals surface area contributed by atoms with E-state index in [0.29, 0.717) is 11.6 Å². The molecule has 0 radical (unpaired) electrons. The van der Waals surface area contributed by atoms with Crippen molar-refractivity contribution in [3.8, 4) is 0 Å². The molecule has 2 heterocycles. The number of urea groups is 1. The molecule has 1 atom stereocenters. The monoisotopic (exact) mass is 398 g/mol. The molecule has 1 aromatic carbocycles. The number of carbonyl (C=O) groups excluding carboxylic acids is 2. The first-order chi connectivity index (χ1) is 13.8. The standard InChI is InChI=1S/C21H30N6O2/c1-14-7-5-9-19(15(14)2)23-21(29)24-20(28)13-26-10-6-8-18(11-26)12-27-17(4)22-16(3)25-27/h5,7,9,18H,6,8,10-13H2,1-4H3,(H2,23,24,28,29). The van der Waals surface area contributed by atoms with E-state index < -0.39 is 6.03 Å². The molecule has 8 nitrogen and oxygen atoms in total. The van der Waals surface area contributed by atoms with E-state index in [1.807, 2.05) is 50.6 Å². The van der Waals surface area contributed by atoms with Crippen molar-refractivity contribution in [3.63, 3.8) is 0 Å². The smallest absolute Gasteiger partial charge is 0.307 e. The summed E-state index contributed by atoms with van der Waals surface area (Å²) in [5.41, 5.74) is 2.80. The van der Waals surface area contributed by atoms with E-state index >= 15 is 0 Å². The van der Waals surface area contributed by atoms with E-state index in [2.05, 4.69) is 25.6 Å². The summed E-state index contributed by atoms with van der Waals surface area (Å²) in [6.45, 7) is 10.5. The summed E-state index contributed by atoms with van der Waals surface area (Å²) in [5, 5.41) is 9.64. The molecule has 3 amide bonds. The molecular formula is C21H30N6O2. The lowest BCUT2D eigenvalue weighted by molar-refractivity contribution is -0.121. The summed E-state index contributed by atoms with van der Waals surface area (Å²) in [6.07, 6.45) is 2.13. The zero-order chi connectivity index (χ0) is 21.0. The molecule has 1 saturated heterocycles. The second-order valence-corrected chi connectivity index (χ2v) is 7.88. The van der Waals surface area contributed by atoms with Gasteiger partial charge in [0.25, 0.3) is 0 Å². The number of benzene rings is 1. The van der Waals surface area contributed by atoms with Crippen molar-refractivity contribution < 1.29 is 9.59 Å². The molecule has 0 aliphatic carbocycles. The van der Waals surface area contributed by atoms with Crippen LogP contribution in [0.5, 0.6) is 0 Å². The van der Waals surface area contributed by atoms with Gasteiger partial charge in [0, 0.05) is 18.8 Å². The van der Waals surface area contributed by atoms with Gasteiger partial charge in [-0.15, -0.1) is 0 Å². The average Bonchev–Trinajstić information content (AvgIpc) is 2.96. The third-order valence-electron chi connectivity index (χ3n) is 5.47. The number of rotatable bonds is 5. The summed E-state index contributed by atoms with van der Waals surface area (Å²) in [4.78, 5) is 31.0. The lowest BCUT2D eigenvalue weighted by Crippen LogP contribution is -2.45. The summed E-state index contributed by atoms with van der Waals surface area (Å²) in [6, 6.07) is 5.20. The number of amides is 3. The van der Waals surface area contributed by atoms with Gasteiger partial charge in [-0.2, -0.15) is 5.10 Å². The molecule has 3 rings (SSSR count). The fourth-order valence-corrected chi connectivity index (χ4v) is 3.83. The van der Waals surface area contributed by atoms with Crippen molar-refractivity contribution in [2.75, 3.05) is 25.0 Å². The zero-order valence-corrected chi connectivity index (χ0v) is 17.7. The van der Waals surface area contributed by atoms with E-state index in [0.717, 1.165) is 55.3 Å². The molecule has 1 aliphatic rings. The van der Waals surface area contributed by atoms with E-state index in [4.69, 9.17) is 0 Å². The molecule has 2 N–H and O–H groups in total. The van der Waals surface area contributed by atoms with Crippen LogP contribution in [-0.4, -0.2) is 51.2 Å². The van der Waals surface area contributed by atoms with E-state index in [1.165, 1.54) is 0 Å². The predicted octanol–water partition coefficient (Wildman–Crippen LogP) is 2.57. The van der Waals surface area contributed by atoms with Crippen LogP contribution >= 0.6 is 0 Å². The number of piperidine rings is 1. The first-order valence-electron chi connectivity index (χ1n) is 10.1. The number of nitrogens with one attached hydrogen (secondary N) is 2. The minimum atomic E-state index is -0.494. The van der Waals surface area contributed by atoms with E-state index in [1.54, 1.807) is 0 Å². The second-order valence-electron chi connectivity index (χ2n) is 7.88. The van der Waals surface area contributed by atoms with Crippen LogP contribution in [0.4, 0.5) is 10.5 Å². The van der Waals surface area contributed by atoms with Crippen molar-refractivity contribution in [2.24, 2.45) is 5.92 Å². The zero-order valence-electron chi connectivity index (χ0n) is 17.7. The predicted molar refractivity (Wildman–Crippen MR) is 112 cm³/mol. The molecule has 1 fully saturated rings. The third-order valence-corrected chi connectivity index (χ3v) is 5.47. The normalized spacial score (nSPS) is 17.2. The van der Waals surface area contributed by atoms with E-state index in [-0.39, 0.29) is 12.5 Å². The van der Waals surface area contributed by atoms with Gasteiger partial charge in [-0.05, 0) is 70.2 Å². The highest BCUT2D eigenvalue weighted by atomic mass is 16.2. The van der Waals surface area contributed by atoms with Crippen LogP contribution in [0.15, 0.2) is 18.2 Å². The molecule has 0 saturated carbocycles. The highest BCUT2D eigenvalue weighted by molar-refractivity contribution is 6.02. The number of imide groups is 1. The molecule has 0 spiro atoms. The highest BCUT2D eigenvalue weighted by Gasteiger charge is 2.23. The Morgan fingerprint density at radius 2 is 2.00 bits per heavy atom. The van der Waals surface area contributed by atoms with Crippen LogP contribution in [0, 0.1) is 33.6 Å². The number of likely N-dealkylation sites (tertiary alicyclic amines) is 1. The Hall–Kier alpha value is -2.74. The number of hydrogen-bond acceptors (Lipinski definition) is 5. The molecule has 1 unspecified atom stereocenters. The first kappa shape index (κ1) is 21.0. The Morgan fingerprint density at radius 1 is 1.21 bits per heavy atom. The maximum atomic E-state index is 12.3. The summed E-state index contributed by atoms with van der Waals surface area (Å²) in [7, 11) is 0. The Balaban J connectivity index is 1.49. The van der Waals surface area contributed by atoms with Crippen molar-refractivity contribution in [3.05, 3.63) is 41.0 Å². The third kappa shape index (κ3) is 5.63. The molecular weight excluding hydrogens is 368 g/mol. The Bertz CT molecular complexity index is 891. The van der Waals surface area contributed by atoms with Gasteiger partial charge in [0.05, 0.1) is 6.54 Å². The average molecular weight is 399 g/mol. The summed E-state index contributed by atoms with van der Waals surface area (Å²) in [5.74, 6) is 1.83. The molecule has 2 aromatic rings. The number of carbonyl (C=O) groups is 2. The number of aromatic nitrogens is 3. The maximum Gasteiger partial charge on any atom is 0.325 e. The van der Waals surface area contributed by atoms with Gasteiger partial charge >= 0.3 is 6.03 Å². The van der Waals surface area contributed by atoms with Crippen LogP contribution in [-0.2, 0) is 11.3 Å². The highest BCUT2D eigenvalue weighted by Crippen LogP contribution is 2.19. The van der Waals surface area contributed by atoms with Crippen molar-refractivity contribution in [1.29, 1.82) is 0 Å². The SMILES string of the molecule is Cc1nc(C)n(CC2CCCN(CC(=O)NC(=O)Nc3cccc(C)c3C)C2)n1. The maximum absolute atomic E-state index is 12.3. The number of nitrogens with zero attached hydrogens (tertiary/aromatic N) is 4. The fraction of sp³-hybridized carbons (Fsp3) is 0.524. The minimum absolute atomic E-state index is 0.214. The van der Waals surface area contributed by atoms with Crippen LogP contribution in [0.25, 0.3) is 0 Å².